The van der Waals surface area contributed by atoms with Gasteiger partial charge in [0.05, 0.1) is 11.2 Å². The summed E-state index contributed by atoms with van der Waals surface area (Å²) in [5, 5.41) is 6.05. The van der Waals surface area contributed by atoms with Gasteiger partial charge in [0.25, 0.3) is 0 Å². The second kappa shape index (κ2) is 11.2. The van der Waals surface area contributed by atoms with Crippen molar-refractivity contribution in [2.75, 3.05) is 64.2 Å². The quantitative estimate of drug-likeness (QED) is 0.517. The topological polar surface area (TPSA) is 129 Å². The van der Waals surface area contributed by atoms with Crippen LogP contribution in [-0.2, 0) is 11.2 Å². The molecule has 2 aromatic rings. The van der Waals surface area contributed by atoms with Crippen LogP contribution < -0.4 is 22.1 Å². The molecular formula is C25H36N8O3. The van der Waals surface area contributed by atoms with E-state index in [4.69, 9.17) is 5.73 Å². The molecule has 1 aromatic heterocycles. The van der Waals surface area contributed by atoms with Crippen LogP contribution in [0.25, 0.3) is 5.69 Å². The molecule has 0 saturated carbocycles. The summed E-state index contributed by atoms with van der Waals surface area (Å²) in [7, 11) is 0. The lowest BCUT2D eigenvalue weighted by Crippen LogP contribution is -2.58. The van der Waals surface area contributed by atoms with Crippen LogP contribution in [-0.4, -0.2) is 101 Å². The predicted molar refractivity (Wildman–Crippen MR) is 138 cm³/mol. The molecule has 0 aliphatic carbocycles. The predicted octanol–water partition coefficient (Wildman–Crippen LogP) is 0.0936. The van der Waals surface area contributed by atoms with E-state index in [-0.39, 0.29) is 17.8 Å². The van der Waals surface area contributed by atoms with E-state index in [9.17, 15) is 14.4 Å². The summed E-state index contributed by atoms with van der Waals surface area (Å²) in [6.45, 7) is 10.2. The van der Waals surface area contributed by atoms with Gasteiger partial charge in [-0.2, -0.15) is 4.98 Å². The molecule has 194 valence electrons. The molecule has 11 heteroatoms. The molecule has 1 aromatic carbocycles. The minimum absolute atomic E-state index is 0.139. The Morgan fingerprint density at radius 2 is 1.64 bits per heavy atom. The van der Waals surface area contributed by atoms with Gasteiger partial charge in [-0.05, 0) is 44.0 Å². The Bertz CT molecular complexity index is 1110. The second-order valence-electron chi connectivity index (χ2n) is 9.90. The molecule has 2 saturated heterocycles. The number of nitrogens with one attached hydrogen (secondary N) is 2. The van der Waals surface area contributed by atoms with Crippen LogP contribution in [0.1, 0.15) is 19.4 Å². The number of amides is 3. The zero-order valence-corrected chi connectivity index (χ0v) is 21.1. The molecule has 0 atom stereocenters. The van der Waals surface area contributed by atoms with Gasteiger partial charge in [-0.1, -0.05) is 12.1 Å². The molecule has 4 rings (SSSR count). The van der Waals surface area contributed by atoms with Gasteiger partial charge >= 0.3 is 11.7 Å². The number of anilines is 1. The number of carbonyl (C=O) groups is 2. The number of carbonyl (C=O) groups excluding carboxylic acids is 2. The fraction of sp³-hybridized carbons (Fsp3) is 0.520. The summed E-state index contributed by atoms with van der Waals surface area (Å²) < 4.78 is 1.45. The van der Waals surface area contributed by atoms with Crippen LogP contribution in [0.2, 0.25) is 0 Å². The maximum absolute atomic E-state index is 12.7. The maximum Gasteiger partial charge on any atom is 0.354 e. The zero-order valence-electron chi connectivity index (χ0n) is 21.1. The number of benzene rings is 1. The number of hydrogen-bond acceptors (Lipinski definition) is 7. The van der Waals surface area contributed by atoms with Crippen molar-refractivity contribution in [3.05, 3.63) is 52.6 Å². The molecule has 0 spiro atoms. The number of rotatable bonds is 6. The van der Waals surface area contributed by atoms with Gasteiger partial charge in [0.15, 0.2) is 0 Å². The molecule has 3 amide bonds. The van der Waals surface area contributed by atoms with Gasteiger partial charge in [0.1, 0.15) is 5.82 Å². The molecule has 4 N–H and O–H groups in total. The highest BCUT2D eigenvalue weighted by atomic mass is 16.2. The number of nitrogens with two attached hydrogens (primary N) is 1. The van der Waals surface area contributed by atoms with Gasteiger partial charge < -0.3 is 25.8 Å². The van der Waals surface area contributed by atoms with Gasteiger partial charge in [-0.3, -0.25) is 14.7 Å². The number of hydrogen-bond donors (Lipinski definition) is 3. The van der Waals surface area contributed by atoms with Crippen LogP contribution in [0.15, 0.2) is 41.3 Å². The SMILES string of the molecule is CC(C)(N)C(=O)N1CCN(C(=O)Nc2ccn(-c3ccc(CCN4CCNCC4)cc3)c(=O)n2)CC1. The van der Waals surface area contributed by atoms with Gasteiger partial charge in [-0.15, -0.1) is 0 Å². The van der Waals surface area contributed by atoms with Crippen molar-refractivity contribution in [2.45, 2.75) is 25.8 Å². The molecule has 0 radical (unpaired) electrons. The van der Waals surface area contributed by atoms with E-state index >= 15 is 0 Å². The van der Waals surface area contributed by atoms with Gasteiger partial charge in [0, 0.05) is 65.1 Å². The molecule has 2 aliphatic rings. The van der Waals surface area contributed by atoms with Crippen LogP contribution in [0, 0.1) is 0 Å². The fourth-order valence-corrected chi connectivity index (χ4v) is 4.42. The van der Waals surface area contributed by atoms with E-state index in [2.05, 4.69) is 20.5 Å². The van der Waals surface area contributed by atoms with E-state index in [0.29, 0.717) is 26.2 Å². The molecule has 0 bridgehead atoms. The third-order valence-electron chi connectivity index (χ3n) is 6.58. The molecule has 11 nitrogen and oxygen atoms in total. The number of piperazine rings is 2. The molecule has 3 heterocycles. The zero-order chi connectivity index (χ0) is 25.7. The highest BCUT2D eigenvalue weighted by Crippen LogP contribution is 2.12. The summed E-state index contributed by atoms with van der Waals surface area (Å²) in [6, 6.07) is 9.16. The summed E-state index contributed by atoms with van der Waals surface area (Å²) >= 11 is 0. The second-order valence-corrected chi connectivity index (χ2v) is 9.90. The van der Waals surface area contributed by atoms with Crippen molar-refractivity contribution < 1.29 is 9.59 Å². The first-order valence-corrected chi connectivity index (χ1v) is 12.5. The molecule has 36 heavy (non-hydrogen) atoms. The Kier molecular flexibility index (Phi) is 8.02. The van der Waals surface area contributed by atoms with Crippen molar-refractivity contribution in [2.24, 2.45) is 5.73 Å². The van der Waals surface area contributed by atoms with Crippen LogP contribution in [0.3, 0.4) is 0 Å². The van der Waals surface area contributed by atoms with Crippen LogP contribution in [0.4, 0.5) is 10.6 Å². The van der Waals surface area contributed by atoms with Gasteiger partial charge in [-0.25, -0.2) is 9.59 Å². The largest absolute Gasteiger partial charge is 0.354 e. The summed E-state index contributed by atoms with van der Waals surface area (Å²) in [6.07, 6.45) is 2.57. The van der Waals surface area contributed by atoms with E-state index in [1.54, 1.807) is 35.9 Å². The Morgan fingerprint density at radius 1 is 1.00 bits per heavy atom. The number of urea groups is 1. The lowest BCUT2D eigenvalue weighted by Gasteiger charge is -2.37. The molecule has 2 aliphatic heterocycles. The Hall–Kier alpha value is -3.28. The average Bonchev–Trinajstić information content (AvgIpc) is 2.88. The lowest BCUT2D eigenvalue weighted by atomic mass is 10.1. The average molecular weight is 497 g/mol. The minimum Gasteiger partial charge on any atom is -0.338 e. The smallest absolute Gasteiger partial charge is 0.338 e. The van der Waals surface area contributed by atoms with Gasteiger partial charge in [0.2, 0.25) is 5.91 Å². The van der Waals surface area contributed by atoms with E-state index < -0.39 is 11.2 Å². The fourth-order valence-electron chi connectivity index (χ4n) is 4.42. The van der Waals surface area contributed by atoms with Crippen LogP contribution >= 0.6 is 0 Å². The first-order valence-electron chi connectivity index (χ1n) is 12.5. The Labute approximate surface area is 211 Å². The molecular weight excluding hydrogens is 460 g/mol. The normalized spacial score (nSPS) is 17.2. The van der Waals surface area contributed by atoms with Crippen molar-refractivity contribution >= 4 is 17.8 Å². The Balaban J connectivity index is 1.30. The summed E-state index contributed by atoms with van der Waals surface area (Å²) in [5.74, 6) is 0.0518. The number of nitrogens with zero attached hydrogens (tertiary/aromatic N) is 5. The highest BCUT2D eigenvalue weighted by Gasteiger charge is 2.31. The van der Waals surface area contributed by atoms with E-state index in [1.165, 1.54) is 10.1 Å². The van der Waals surface area contributed by atoms with Crippen molar-refractivity contribution in [1.29, 1.82) is 0 Å². The molecule has 2 fully saturated rings. The monoisotopic (exact) mass is 496 g/mol. The third kappa shape index (κ3) is 6.48. The van der Waals surface area contributed by atoms with Crippen LogP contribution in [0.5, 0.6) is 0 Å². The first kappa shape index (κ1) is 25.8. The van der Waals surface area contributed by atoms with E-state index in [0.717, 1.165) is 44.8 Å². The number of aromatic nitrogens is 2. The molecule has 0 unspecified atom stereocenters. The maximum atomic E-state index is 12.7. The standard InChI is InChI=1S/C25H36N8O3/c1-25(2,26)22(34)31-15-17-32(18-16-31)23(35)28-21-8-12-33(24(36)29-21)20-5-3-19(4-6-20)7-11-30-13-9-27-10-14-30/h3-6,8,12,27H,7,9-11,13-18,26H2,1-2H3,(H,28,29,35,36). The minimum atomic E-state index is -0.941. The first-order chi connectivity index (χ1) is 17.2. The summed E-state index contributed by atoms with van der Waals surface area (Å²) in [5.41, 5.74) is 6.43. The summed E-state index contributed by atoms with van der Waals surface area (Å²) in [4.78, 5) is 47.4. The third-order valence-corrected chi connectivity index (χ3v) is 6.58. The van der Waals surface area contributed by atoms with Crippen molar-refractivity contribution in [1.82, 2.24) is 29.6 Å². The lowest BCUT2D eigenvalue weighted by molar-refractivity contribution is -0.137. The Morgan fingerprint density at radius 3 is 2.25 bits per heavy atom. The highest BCUT2D eigenvalue weighted by molar-refractivity contribution is 5.89. The van der Waals surface area contributed by atoms with Crippen molar-refractivity contribution in [3.8, 4) is 5.69 Å². The van der Waals surface area contributed by atoms with E-state index in [1.807, 2.05) is 24.3 Å². The van der Waals surface area contributed by atoms with Crippen molar-refractivity contribution in [3.63, 3.8) is 0 Å².